The Labute approximate surface area is 136 Å². The lowest BCUT2D eigenvalue weighted by Gasteiger charge is -2.16. The van der Waals surface area contributed by atoms with E-state index in [0.717, 1.165) is 10.9 Å². The van der Waals surface area contributed by atoms with Crippen molar-refractivity contribution in [2.45, 2.75) is 25.8 Å². The van der Waals surface area contributed by atoms with Crippen LogP contribution in [0.1, 0.15) is 31.4 Å². The molecule has 4 nitrogen and oxygen atoms in total. The van der Waals surface area contributed by atoms with E-state index in [0.29, 0.717) is 6.42 Å². The van der Waals surface area contributed by atoms with E-state index in [1.807, 2.05) is 25.1 Å². The molecule has 1 heterocycles. The van der Waals surface area contributed by atoms with E-state index in [9.17, 15) is 13.2 Å². The molecule has 0 radical (unpaired) electrons. The van der Waals surface area contributed by atoms with Crippen molar-refractivity contribution >= 4 is 26.5 Å². The molecule has 3 rings (SSSR count). The van der Waals surface area contributed by atoms with Gasteiger partial charge in [0.2, 0.25) is 5.91 Å². The van der Waals surface area contributed by atoms with Crippen molar-refractivity contribution in [3.8, 4) is 0 Å². The smallest absolute Gasteiger partial charge is 0.220 e. The van der Waals surface area contributed by atoms with Crippen LogP contribution in [0.15, 0.2) is 42.5 Å². The minimum Gasteiger partial charge on any atom is -0.350 e. The first-order chi connectivity index (χ1) is 10.9. The highest BCUT2D eigenvalue weighted by Gasteiger charge is 2.29. The first-order valence-electron chi connectivity index (χ1n) is 7.91. The van der Waals surface area contributed by atoms with Crippen LogP contribution in [0.25, 0.3) is 10.8 Å². The van der Waals surface area contributed by atoms with Crippen LogP contribution in [0.3, 0.4) is 0 Å². The van der Waals surface area contributed by atoms with Crippen molar-refractivity contribution in [1.82, 2.24) is 5.32 Å². The minimum absolute atomic E-state index is 0.0381. The lowest BCUT2D eigenvalue weighted by atomic mass is 10.0. The number of amides is 1. The standard InChI is InChI=1S/C18H21NO3S/c1-13(16-7-6-15-4-2-3-5-17(15)11-16)19-18(20)10-14-8-9-23(21,22)12-14/h2-7,11,13-14H,8-10,12H2,1H3,(H,19,20). The summed E-state index contributed by atoms with van der Waals surface area (Å²) in [4.78, 5) is 12.2. The molecule has 0 saturated carbocycles. The van der Waals surface area contributed by atoms with Crippen LogP contribution in [0.2, 0.25) is 0 Å². The Morgan fingerprint density at radius 2 is 1.96 bits per heavy atom. The predicted octanol–water partition coefficient (Wildman–Crippen LogP) is 2.84. The van der Waals surface area contributed by atoms with Crippen LogP contribution >= 0.6 is 0 Å². The number of sulfone groups is 1. The monoisotopic (exact) mass is 331 g/mol. The van der Waals surface area contributed by atoms with Gasteiger partial charge >= 0.3 is 0 Å². The number of nitrogens with one attached hydrogen (secondary N) is 1. The van der Waals surface area contributed by atoms with Crippen molar-refractivity contribution in [3.63, 3.8) is 0 Å². The molecule has 1 aliphatic heterocycles. The Kier molecular flexibility index (Phi) is 4.39. The second-order valence-corrected chi connectivity index (χ2v) is 8.60. The van der Waals surface area contributed by atoms with Gasteiger partial charge in [-0.15, -0.1) is 0 Å². The van der Waals surface area contributed by atoms with Crippen LogP contribution in [0.4, 0.5) is 0 Å². The lowest BCUT2D eigenvalue weighted by molar-refractivity contribution is -0.122. The highest BCUT2D eigenvalue weighted by molar-refractivity contribution is 7.91. The van der Waals surface area contributed by atoms with E-state index in [-0.39, 0.29) is 35.8 Å². The molecule has 1 amide bonds. The van der Waals surface area contributed by atoms with Gasteiger partial charge in [-0.25, -0.2) is 8.42 Å². The second kappa shape index (κ2) is 6.32. The molecular weight excluding hydrogens is 310 g/mol. The van der Waals surface area contributed by atoms with Gasteiger partial charge in [0.25, 0.3) is 0 Å². The average Bonchev–Trinajstić information content (AvgIpc) is 2.85. The van der Waals surface area contributed by atoms with Gasteiger partial charge in [0.15, 0.2) is 9.84 Å². The van der Waals surface area contributed by atoms with E-state index < -0.39 is 9.84 Å². The summed E-state index contributed by atoms with van der Waals surface area (Å²) in [5.41, 5.74) is 1.05. The van der Waals surface area contributed by atoms with Crippen LogP contribution in [0.5, 0.6) is 0 Å². The molecule has 0 bridgehead atoms. The van der Waals surface area contributed by atoms with Crippen molar-refractivity contribution in [1.29, 1.82) is 0 Å². The fourth-order valence-electron chi connectivity index (χ4n) is 3.16. The SMILES string of the molecule is CC(NC(=O)CC1CCS(=O)(=O)C1)c1ccc2ccccc2c1. The fraction of sp³-hybridized carbons (Fsp3) is 0.389. The highest BCUT2D eigenvalue weighted by atomic mass is 32.2. The quantitative estimate of drug-likeness (QED) is 0.937. The lowest BCUT2D eigenvalue weighted by Crippen LogP contribution is -2.28. The zero-order chi connectivity index (χ0) is 16.4. The molecule has 5 heteroatoms. The van der Waals surface area contributed by atoms with Crippen LogP contribution in [0, 0.1) is 5.92 Å². The van der Waals surface area contributed by atoms with Gasteiger partial charge in [0.1, 0.15) is 0 Å². The predicted molar refractivity (Wildman–Crippen MR) is 91.9 cm³/mol. The number of rotatable bonds is 4. The molecule has 1 saturated heterocycles. The summed E-state index contributed by atoms with van der Waals surface area (Å²) in [5, 5.41) is 5.30. The van der Waals surface area contributed by atoms with Gasteiger partial charge in [-0.05, 0) is 41.7 Å². The largest absolute Gasteiger partial charge is 0.350 e. The summed E-state index contributed by atoms with van der Waals surface area (Å²) >= 11 is 0. The van der Waals surface area contributed by atoms with Crippen molar-refractivity contribution in [2.24, 2.45) is 5.92 Å². The number of hydrogen-bond acceptors (Lipinski definition) is 3. The van der Waals surface area contributed by atoms with Gasteiger partial charge < -0.3 is 5.32 Å². The Balaban J connectivity index is 1.63. The summed E-state index contributed by atoms with van der Waals surface area (Å²) < 4.78 is 22.9. The fourth-order valence-corrected chi connectivity index (χ4v) is 5.02. The maximum Gasteiger partial charge on any atom is 0.220 e. The van der Waals surface area contributed by atoms with Crippen molar-refractivity contribution in [3.05, 3.63) is 48.0 Å². The summed E-state index contributed by atoms with van der Waals surface area (Å²) in [7, 11) is -2.93. The van der Waals surface area contributed by atoms with E-state index in [2.05, 4.69) is 29.6 Å². The van der Waals surface area contributed by atoms with Crippen molar-refractivity contribution in [2.75, 3.05) is 11.5 Å². The summed E-state index contributed by atoms with van der Waals surface area (Å²) in [6.45, 7) is 1.95. The Bertz CT molecular complexity index is 829. The third kappa shape index (κ3) is 3.91. The third-order valence-electron chi connectivity index (χ3n) is 4.45. The number of benzene rings is 2. The molecule has 23 heavy (non-hydrogen) atoms. The highest BCUT2D eigenvalue weighted by Crippen LogP contribution is 2.23. The van der Waals surface area contributed by atoms with Crippen LogP contribution in [-0.4, -0.2) is 25.8 Å². The second-order valence-electron chi connectivity index (χ2n) is 6.37. The van der Waals surface area contributed by atoms with Gasteiger partial charge in [-0.2, -0.15) is 0 Å². The van der Waals surface area contributed by atoms with E-state index >= 15 is 0 Å². The maximum absolute atomic E-state index is 12.2. The Morgan fingerprint density at radius 3 is 2.65 bits per heavy atom. The molecule has 1 N–H and O–H groups in total. The molecule has 0 aromatic heterocycles. The van der Waals surface area contributed by atoms with E-state index in [1.54, 1.807) is 0 Å². The molecule has 122 valence electrons. The number of hydrogen-bond donors (Lipinski definition) is 1. The minimum atomic E-state index is -2.93. The van der Waals surface area contributed by atoms with E-state index in [1.165, 1.54) is 5.39 Å². The summed E-state index contributed by atoms with van der Waals surface area (Å²) in [6.07, 6.45) is 0.886. The zero-order valence-electron chi connectivity index (χ0n) is 13.2. The molecule has 2 atom stereocenters. The molecule has 2 aromatic rings. The Morgan fingerprint density at radius 1 is 1.22 bits per heavy atom. The molecule has 1 aliphatic rings. The first kappa shape index (κ1) is 16.0. The van der Waals surface area contributed by atoms with Crippen molar-refractivity contribution < 1.29 is 13.2 Å². The summed E-state index contributed by atoms with van der Waals surface area (Å²) in [6, 6.07) is 14.2. The number of carbonyl (C=O) groups is 1. The van der Waals surface area contributed by atoms with Crippen LogP contribution < -0.4 is 5.32 Å². The molecule has 1 fully saturated rings. The van der Waals surface area contributed by atoms with Gasteiger partial charge in [-0.1, -0.05) is 36.4 Å². The molecular formula is C18H21NO3S. The molecule has 2 aromatic carbocycles. The topological polar surface area (TPSA) is 63.2 Å². The third-order valence-corrected chi connectivity index (χ3v) is 6.29. The number of fused-ring (bicyclic) bond motifs is 1. The summed E-state index contributed by atoms with van der Waals surface area (Å²) in [5.74, 6) is 0.243. The molecule has 0 spiro atoms. The molecule has 0 aliphatic carbocycles. The van der Waals surface area contributed by atoms with E-state index in [4.69, 9.17) is 0 Å². The van der Waals surface area contributed by atoms with Gasteiger partial charge in [0.05, 0.1) is 17.5 Å². The van der Waals surface area contributed by atoms with Gasteiger partial charge in [-0.3, -0.25) is 4.79 Å². The van der Waals surface area contributed by atoms with Crippen LogP contribution in [-0.2, 0) is 14.6 Å². The first-order valence-corrected chi connectivity index (χ1v) is 9.73. The number of carbonyl (C=O) groups excluding carboxylic acids is 1. The van der Waals surface area contributed by atoms with Gasteiger partial charge in [0, 0.05) is 6.42 Å². The average molecular weight is 331 g/mol. The normalized spacial score (nSPS) is 21.2. The molecule has 2 unspecified atom stereocenters. The maximum atomic E-state index is 12.2. The Hall–Kier alpha value is -1.88. The zero-order valence-corrected chi connectivity index (χ0v) is 14.0.